The van der Waals surface area contributed by atoms with Crippen LogP contribution in [0.2, 0.25) is 0 Å². The highest BCUT2D eigenvalue weighted by molar-refractivity contribution is 4.76. The van der Waals surface area contributed by atoms with Crippen LogP contribution in [0.5, 0.6) is 0 Å². The van der Waals surface area contributed by atoms with Crippen LogP contribution in [0.4, 0.5) is 0 Å². The van der Waals surface area contributed by atoms with E-state index in [0.29, 0.717) is 0 Å². The van der Waals surface area contributed by atoms with Crippen LogP contribution in [-0.2, 0) is 0 Å². The Morgan fingerprint density at radius 1 is 0.647 bits per heavy atom. The van der Waals surface area contributed by atoms with E-state index in [9.17, 15) is 0 Å². The normalized spacial score (nSPS) is 12.9. The van der Waals surface area contributed by atoms with Crippen molar-refractivity contribution < 1.29 is 0 Å². The lowest BCUT2D eigenvalue weighted by Gasteiger charge is -2.15. The third-order valence-electron chi connectivity index (χ3n) is 3.65. The number of hydrogen-bond acceptors (Lipinski definition) is 0. The molecule has 103 valence electrons. The molecule has 0 N–H and O–H groups in total. The lowest BCUT2D eigenvalue weighted by atomic mass is 9.91. The van der Waals surface area contributed by atoms with Crippen LogP contribution in [0.3, 0.4) is 0 Å². The smallest absolute Gasteiger partial charge is 0.0355 e. The Hall–Kier alpha value is 0. The fraction of sp³-hybridized carbons (Fsp3) is 0.941. The van der Waals surface area contributed by atoms with Gasteiger partial charge in [0.25, 0.3) is 0 Å². The van der Waals surface area contributed by atoms with Crippen LogP contribution in [0.25, 0.3) is 0 Å². The summed E-state index contributed by atoms with van der Waals surface area (Å²) in [5, 5.41) is 0. The van der Waals surface area contributed by atoms with E-state index in [-0.39, 0.29) is 0 Å². The van der Waals surface area contributed by atoms with E-state index in [1.807, 2.05) is 0 Å². The monoisotopic (exact) mass is 239 g/mol. The van der Waals surface area contributed by atoms with E-state index in [0.717, 1.165) is 5.92 Å². The summed E-state index contributed by atoms with van der Waals surface area (Å²) < 4.78 is 0. The van der Waals surface area contributed by atoms with Gasteiger partial charge in [-0.2, -0.15) is 0 Å². The second kappa shape index (κ2) is 14.1. The molecule has 0 aliphatic carbocycles. The molecule has 0 fully saturated rings. The van der Waals surface area contributed by atoms with Crippen LogP contribution in [0.1, 0.15) is 97.8 Å². The third-order valence-corrected chi connectivity index (χ3v) is 3.65. The molecule has 0 nitrogen and oxygen atoms in total. The molecule has 17 heavy (non-hydrogen) atoms. The topological polar surface area (TPSA) is 0 Å². The zero-order valence-corrected chi connectivity index (χ0v) is 12.6. The van der Waals surface area contributed by atoms with Crippen molar-refractivity contribution in [3.05, 3.63) is 6.42 Å². The van der Waals surface area contributed by atoms with Crippen LogP contribution >= 0.6 is 0 Å². The molecule has 0 saturated carbocycles. The van der Waals surface area contributed by atoms with E-state index >= 15 is 0 Å². The van der Waals surface area contributed by atoms with E-state index in [2.05, 4.69) is 27.2 Å². The number of unbranched alkanes of at least 4 members (excludes halogenated alkanes) is 7. The predicted octanol–water partition coefficient (Wildman–Crippen LogP) is 6.55. The van der Waals surface area contributed by atoms with Crippen molar-refractivity contribution in [1.29, 1.82) is 0 Å². The molecule has 0 aliphatic heterocycles. The van der Waals surface area contributed by atoms with Crippen molar-refractivity contribution in [2.45, 2.75) is 97.8 Å². The molecule has 0 amide bonds. The third kappa shape index (κ3) is 12.2. The highest BCUT2D eigenvalue weighted by Gasteiger charge is 2.07. The van der Waals surface area contributed by atoms with Gasteiger partial charge in [0.15, 0.2) is 0 Å². The van der Waals surface area contributed by atoms with Gasteiger partial charge in [-0.15, -0.1) is 0 Å². The van der Waals surface area contributed by atoms with Gasteiger partial charge in [-0.1, -0.05) is 91.4 Å². The lowest BCUT2D eigenvalue weighted by Crippen LogP contribution is -2.01. The number of hydrogen-bond donors (Lipinski definition) is 0. The molecular weight excluding hydrogens is 204 g/mol. The van der Waals surface area contributed by atoms with Gasteiger partial charge >= 0.3 is 0 Å². The first-order chi connectivity index (χ1) is 8.35. The Kier molecular flexibility index (Phi) is 14.1. The first-order valence-corrected chi connectivity index (χ1v) is 8.18. The highest BCUT2D eigenvalue weighted by atomic mass is 14.1. The summed E-state index contributed by atoms with van der Waals surface area (Å²) in [5.74, 6) is 0.915. The molecule has 0 heterocycles. The Morgan fingerprint density at radius 3 is 1.94 bits per heavy atom. The fourth-order valence-corrected chi connectivity index (χ4v) is 2.51. The van der Waals surface area contributed by atoms with E-state index in [1.165, 1.54) is 77.0 Å². The molecule has 0 bridgehead atoms. The van der Waals surface area contributed by atoms with Gasteiger partial charge in [0, 0.05) is 0 Å². The van der Waals surface area contributed by atoms with Gasteiger partial charge in [-0.05, 0) is 18.8 Å². The molecule has 0 aromatic carbocycles. The molecule has 0 spiro atoms. The van der Waals surface area contributed by atoms with Crippen LogP contribution in [0, 0.1) is 12.3 Å². The predicted molar refractivity (Wildman–Crippen MR) is 80.2 cm³/mol. The molecule has 1 unspecified atom stereocenters. The average molecular weight is 239 g/mol. The second-order valence-corrected chi connectivity index (χ2v) is 5.48. The number of rotatable bonds is 13. The Labute approximate surface area is 111 Å². The van der Waals surface area contributed by atoms with E-state index < -0.39 is 0 Å². The zero-order valence-electron chi connectivity index (χ0n) is 12.6. The van der Waals surface area contributed by atoms with E-state index in [4.69, 9.17) is 0 Å². The fourth-order valence-electron chi connectivity index (χ4n) is 2.51. The van der Waals surface area contributed by atoms with Gasteiger partial charge in [-0.25, -0.2) is 0 Å². The summed E-state index contributed by atoms with van der Waals surface area (Å²) in [7, 11) is 0. The minimum atomic E-state index is 0.915. The first kappa shape index (κ1) is 17.0. The highest BCUT2D eigenvalue weighted by Crippen LogP contribution is 2.21. The van der Waals surface area contributed by atoms with Crippen molar-refractivity contribution in [3.63, 3.8) is 0 Å². The van der Waals surface area contributed by atoms with E-state index in [1.54, 1.807) is 0 Å². The summed E-state index contributed by atoms with van der Waals surface area (Å²) in [4.78, 5) is 0. The molecule has 1 radical (unpaired) electrons. The summed E-state index contributed by atoms with van der Waals surface area (Å²) in [6.07, 6.45) is 19.5. The summed E-state index contributed by atoms with van der Waals surface area (Å²) >= 11 is 0. The Bertz CT molecular complexity index is 128. The Balaban J connectivity index is 3.41. The summed E-state index contributed by atoms with van der Waals surface area (Å²) in [6.45, 7) is 6.91. The van der Waals surface area contributed by atoms with Crippen molar-refractivity contribution in [2.24, 2.45) is 5.92 Å². The largest absolute Gasteiger partial charge is 0.0654 e. The van der Waals surface area contributed by atoms with Gasteiger partial charge in [0.1, 0.15) is 0 Å². The SMILES string of the molecule is CCCCCCC[CH]C(CCC)CCCCC. The first-order valence-electron chi connectivity index (χ1n) is 8.18. The molecule has 0 heteroatoms. The molecule has 0 rings (SSSR count). The molecule has 0 aromatic heterocycles. The molecule has 1 atom stereocenters. The van der Waals surface area contributed by atoms with Gasteiger partial charge in [0.05, 0.1) is 0 Å². The van der Waals surface area contributed by atoms with Crippen molar-refractivity contribution >= 4 is 0 Å². The molecule has 0 saturated heterocycles. The lowest BCUT2D eigenvalue weighted by molar-refractivity contribution is 0.455. The van der Waals surface area contributed by atoms with Crippen molar-refractivity contribution in [1.82, 2.24) is 0 Å². The van der Waals surface area contributed by atoms with Crippen LogP contribution in [-0.4, -0.2) is 0 Å². The molecule has 0 aliphatic rings. The maximum Gasteiger partial charge on any atom is -0.0355 e. The van der Waals surface area contributed by atoms with Crippen molar-refractivity contribution in [3.8, 4) is 0 Å². The summed E-state index contributed by atoms with van der Waals surface area (Å²) in [6, 6.07) is 0. The van der Waals surface area contributed by atoms with Crippen LogP contribution < -0.4 is 0 Å². The standard InChI is InChI=1S/C17H35/c1-4-7-9-10-11-13-16-17(14-6-3)15-12-8-5-2/h16-17H,4-15H2,1-3H3. The quantitative estimate of drug-likeness (QED) is 0.320. The summed E-state index contributed by atoms with van der Waals surface area (Å²) in [5.41, 5.74) is 0. The molecular formula is C17H35. The van der Waals surface area contributed by atoms with Crippen molar-refractivity contribution in [2.75, 3.05) is 0 Å². The maximum atomic E-state index is 2.63. The Morgan fingerprint density at radius 2 is 1.29 bits per heavy atom. The zero-order chi connectivity index (χ0) is 12.8. The van der Waals surface area contributed by atoms with Gasteiger partial charge in [-0.3, -0.25) is 0 Å². The minimum absolute atomic E-state index is 0.915. The van der Waals surface area contributed by atoms with Crippen LogP contribution in [0.15, 0.2) is 0 Å². The second-order valence-electron chi connectivity index (χ2n) is 5.48. The minimum Gasteiger partial charge on any atom is -0.0654 e. The van der Waals surface area contributed by atoms with Gasteiger partial charge < -0.3 is 0 Å². The maximum absolute atomic E-state index is 2.63. The molecule has 0 aromatic rings. The average Bonchev–Trinajstić information content (AvgIpc) is 2.34. The van der Waals surface area contributed by atoms with Gasteiger partial charge in [0.2, 0.25) is 0 Å².